The monoisotopic (exact) mass is 735 g/mol. The molecule has 0 amide bonds. The van der Waals surface area contributed by atoms with Gasteiger partial charge in [-0.3, -0.25) is 4.99 Å². The summed E-state index contributed by atoms with van der Waals surface area (Å²) in [5.74, 6) is 0.709. The fourth-order valence-electron chi connectivity index (χ4n) is 7.19. The van der Waals surface area contributed by atoms with Gasteiger partial charge in [-0.1, -0.05) is 188 Å². The van der Waals surface area contributed by atoms with Gasteiger partial charge in [-0.05, 0) is 83.4 Å². The van der Waals surface area contributed by atoms with Crippen molar-refractivity contribution in [3.05, 3.63) is 223 Å². The molecule has 0 bridgehead atoms. The molecule has 57 heavy (non-hydrogen) atoms. The summed E-state index contributed by atoms with van der Waals surface area (Å²) in [5, 5.41) is 0. The molecule has 276 valence electrons. The minimum absolute atomic E-state index is 0.609. The highest BCUT2D eigenvalue weighted by molar-refractivity contribution is 6.23. The summed E-state index contributed by atoms with van der Waals surface area (Å²) >= 11 is 0. The number of allylic oxidation sites excluding steroid dienone is 8. The number of aromatic nitrogens is 2. The molecule has 1 heterocycles. The number of hydrogen-bond acceptors (Lipinski definition) is 3. The molecule has 0 radical (unpaired) electrons. The molecule has 0 unspecified atom stereocenters. The summed E-state index contributed by atoms with van der Waals surface area (Å²) in [5.41, 5.74) is 16.6. The first-order valence-electron chi connectivity index (χ1n) is 19.7. The van der Waals surface area contributed by atoms with Gasteiger partial charge >= 0.3 is 0 Å². The van der Waals surface area contributed by atoms with Crippen LogP contribution in [0.15, 0.2) is 216 Å². The number of hydrogen-bond donors (Lipinski definition) is 0. The van der Waals surface area contributed by atoms with E-state index in [4.69, 9.17) is 15.0 Å². The van der Waals surface area contributed by atoms with Gasteiger partial charge in [0.25, 0.3) is 0 Å². The molecule has 0 saturated heterocycles. The fraction of sp³-hybridized carbons (Fsp3) is 0.0926. The first-order valence-corrected chi connectivity index (χ1v) is 19.7. The SMILES string of the molecule is C/C=C(\C=C(/C(C)=NCc1ccc(-c2ccc(-c3cc(-c4ccc(-c5ccccc5)cc4)nc(-c4ccccc4)n3)cc2)cc1)c1ccccc1)C1=CCCC=C1. The fourth-order valence-corrected chi connectivity index (χ4v) is 7.19. The Morgan fingerprint density at radius 1 is 0.561 bits per heavy atom. The van der Waals surface area contributed by atoms with E-state index in [1.54, 1.807) is 0 Å². The second kappa shape index (κ2) is 17.7. The van der Waals surface area contributed by atoms with Gasteiger partial charge in [0.15, 0.2) is 5.82 Å². The van der Waals surface area contributed by atoms with Crippen LogP contribution < -0.4 is 0 Å². The molecule has 0 fully saturated rings. The van der Waals surface area contributed by atoms with Crippen LogP contribution in [-0.2, 0) is 6.54 Å². The Balaban J connectivity index is 1.02. The number of rotatable bonds is 11. The van der Waals surface area contributed by atoms with Crippen LogP contribution in [0.25, 0.3) is 61.7 Å². The summed E-state index contributed by atoms with van der Waals surface area (Å²) in [7, 11) is 0. The molecular weight excluding hydrogens is 691 g/mol. The summed E-state index contributed by atoms with van der Waals surface area (Å²) in [4.78, 5) is 15.2. The predicted octanol–water partition coefficient (Wildman–Crippen LogP) is 14.1. The minimum atomic E-state index is 0.609. The van der Waals surface area contributed by atoms with E-state index in [9.17, 15) is 0 Å². The molecular formula is C54H45N3. The van der Waals surface area contributed by atoms with E-state index in [1.807, 2.05) is 24.3 Å². The molecule has 0 N–H and O–H groups in total. The number of benzene rings is 6. The van der Waals surface area contributed by atoms with E-state index in [2.05, 4.69) is 190 Å². The first kappa shape index (κ1) is 37.0. The topological polar surface area (TPSA) is 38.1 Å². The lowest BCUT2D eigenvalue weighted by Gasteiger charge is -2.13. The Hall–Kier alpha value is -6.97. The number of aliphatic imine (C=N–C) groups is 1. The smallest absolute Gasteiger partial charge is 0.160 e. The molecule has 3 heteroatoms. The zero-order valence-electron chi connectivity index (χ0n) is 32.5. The minimum Gasteiger partial charge on any atom is -0.285 e. The lowest BCUT2D eigenvalue weighted by atomic mass is 9.93. The van der Waals surface area contributed by atoms with Crippen molar-refractivity contribution in [3.8, 4) is 56.2 Å². The van der Waals surface area contributed by atoms with Crippen LogP contribution in [0.1, 0.15) is 37.8 Å². The zero-order valence-corrected chi connectivity index (χ0v) is 32.5. The molecule has 3 nitrogen and oxygen atoms in total. The molecule has 1 aromatic heterocycles. The van der Waals surface area contributed by atoms with Crippen molar-refractivity contribution in [1.82, 2.24) is 9.97 Å². The van der Waals surface area contributed by atoms with Crippen molar-refractivity contribution in [2.45, 2.75) is 33.2 Å². The predicted molar refractivity (Wildman–Crippen MR) is 241 cm³/mol. The van der Waals surface area contributed by atoms with Crippen LogP contribution in [0.5, 0.6) is 0 Å². The second-order valence-electron chi connectivity index (χ2n) is 14.3. The van der Waals surface area contributed by atoms with Crippen LogP contribution >= 0.6 is 0 Å². The number of nitrogens with zero attached hydrogens (tertiary/aromatic N) is 3. The third kappa shape index (κ3) is 8.96. The van der Waals surface area contributed by atoms with Crippen LogP contribution in [0.3, 0.4) is 0 Å². The normalized spacial score (nSPS) is 13.4. The van der Waals surface area contributed by atoms with Crippen LogP contribution in [0, 0.1) is 0 Å². The maximum Gasteiger partial charge on any atom is 0.160 e. The summed E-state index contributed by atoms with van der Waals surface area (Å²) in [6.07, 6.45) is 13.5. The van der Waals surface area contributed by atoms with E-state index in [1.165, 1.54) is 33.4 Å². The van der Waals surface area contributed by atoms with Gasteiger partial charge in [0.1, 0.15) is 0 Å². The Labute approximate surface area is 336 Å². The summed E-state index contributed by atoms with van der Waals surface area (Å²) in [6, 6.07) is 59.4. The van der Waals surface area contributed by atoms with Crippen molar-refractivity contribution in [1.29, 1.82) is 0 Å². The zero-order chi connectivity index (χ0) is 38.8. The van der Waals surface area contributed by atoms with Gasteiger partial charge in [0.2, 0.25) is 0 Å². The maximum absolute atomic E-state index is 5.10. The Morgan fingerprint density at radius 2 is 1.05 bits per heavy atom. The van der Waals surface area contributed by atoms with Gasteiger partial charge in [-0.2, -0.15) is 0 Å². The standard InChI is InChI=1S/C54H45N3/c1-3-41(42-16-8-4-9-17-42)36-51(47-20-12-6-13-21-47)39(2)55-38-40-24-26-44(27-25-40)46-30-34-49(35-31-46)53-37-52(56-54(57-53)50-22-14-7-15-23-50)48-32-28-45(29-33-48)43-18-10-5-11-19-43/h3,5-8,10-37H,4,9,38H2,1-2H3/b41-3+,51-36+,55-39?. The van der Waals surface area contributed by atoms with Crippen molar-refractivity contribution in [2.24, 2.45) is 4.99 Å². The highest BCUT2D eigenvalue weighted by Crippen LogP contribution is 2.31. The van der Waals surface area contributed by atoms with Gasteiger partial charge in [-0.15, -0.1) is 0 Å². The molecule has 8 rings (SSSR count). The van der Waals surface area contributed by atoms with E-state index >= 15 is 0 Å². The highest BCUT2D eigenvalue weighted by atomic mass is 14.9. The van der Waals surface area contributed by atoms with Crippen molar-refractivity contribution < 1.29 is 0 Å². The largest absolute Gasteiger partial charge is 0.285 e. The average molecular weight is 736 g/mol. The summed E-state index contributed by atoms with van der Waals surface area (Å²) in [6.45, 7) is 4.84. The maximum atomic E-state index is 5.10. The summed E-state index contributed by atoms with van der Waals surface area (Å²) < 4.78 is 0. The Morgan fingerprint density at radius 3 is 1.58 bits per heavy atom. The highest BCUT2D eigenvalue weighted by Gasteiger charge is 2.13. The third-order valence-corrected chi connectivity index (χ3v) is 10.4. The Kier molecular flexibility index (Phi) is 11.5. The van der Waals surface area contributed by atoms with E-state index in [0.717, 1.165) is 63.3 Å². The first-order chi connectivity index (χ1) is 28.1. The molecule has 0 aliphatic heterocycles. The third-order valence-electron chi connectivity index (χ3n) is 10.4. The van der Waals surface area contributed by atoms with E-state index < -0.39 is 0 Å². The molecule has 0 spiro atoms. The van der Waals surface area contributed by atoms with Crippen molar-refractivity contribution in [2.75, 3.05) is 0 Å². The molecule has 1 aliphatic carbocycles. The quantitative estimate of drug-likeness (QED) is 0.0980. The molecule has 0 atom stereocenters. The van der Waals surface area contributed by atoms with Crippen LogP contribution in [-0.4, -0.2) is 15.7 Å². The van der Waals surface area contributed by atoms with Crippen molar-refractivity contribution in [3.63, 3.8) is 0 Å². The van der Waals surface area contributed by atoms with Gasteiger partial charge in [0.05, 0.1) is 17.9 Å². The molecule has 1 aliphatic rings. The Bertz CT molecular complexity index is 2590. The lowest BCUT2D eigenvalue weighted by molar-refractivity contribution is 1.02. The van der Waals surface area contributed by atoms with Gasteiger partial charge in [-0.25, -0.2) is 9.97 Å². The van der Waals surface area contributed by atoms with Crippen LogP contribution in [0.4, 0.5) is 0 Å². The molecule has 7 aromatic rings. The van der Waals surface area contributed by atoms with E-state index in [0.29, 0.717) is 12.4 Å². The van der Waals surface area contributed by atoms with E-state index in [-0.39, 0.29) is 0 Å². The van der Waals surface area contributed by atoms with Crippen LogP contribution in [0.2, 0.25) is 0 Å². The van der Waals surface area contributed by atoms with Crippen molar-refractivity contribution >= 4 is 11.3 Å². The lowest BCUT2D eigenvalue weighted by Crippen LogP contribution is -2.00. The second-order valence-corrected chi connectivity index (χ2v) is 14.3. The van der Waals surface area contributed by atoms with Gasteiger partial charge < -0.3 is 0 Å². The average Bonchev–Trinajstić information content (AvgIpc) is 3.30. The van der Waals surface area contributed by atoms with Gasteiger partial charge in [0, 0.05) is 28.0 Å². The molecule has 0 saturated carbocycles. The molecule has 6 aromatic carbocycles.